The first kappa shape index (κ1) is 35.4. The Labute approximate surface area is 294 Å². The molecule has 0 bridgehead atoms. The Kier molecular flexibility index (Phi) is 11.5. The molecule has 0 fully saturated rings. The molecule has 0 unspecified atom stereocenters. The molecule has 0 aliphatic carbocycles. The van der Waals surface area contributed by atoms with E-state index in [1.807, 2.05) is 51.0 Å². The molecule has 2 N–H and O–H groups in total. The maximum absolute atomic E-state index is 11.9. The molecule has 0 saturated carbocycles. The first-order valence-corrected chi connectivity index (χ1v) is 17.2. The molecule has 14 heteroatoms. The van der Waals surface area contributed by atoms with E-state index in [2.05, 4.69) is 67.8 Å². The minimum atomic E-state index is -0.00272. The van der Waals surface area contributed by atoms with Crippen molar-refractivity contribution < 1.29 is 0 Å². The lowest BCUT2D eigenvalue weighted by molar-refractivity contribution is 0.723. The Morgan fingerprint density at radius 1 is 0.755 bits per heavy atom. The number of hydrogen-bond acceptors (Lipinski definition) is 8. The fourth-order valence-corrected chi connectivity index (χ4v) is 5.67. The number of nitrogens with one attached hydrogen (secondary N) is 2. The fourth-order valence-electron chi connectivity index (χ4n) is 5.30. The van der Waals surface area contributed by atoms with Crippen LogP contribution in [0.15, 0.2) is 72.2 Å². The van der Waals surface area contributed by atoms with Crippen LogP contribution >= 0.6 is 23.2 Å². The summed E-state index contributed by atoms with van der Waals surface area (Å²) in [5.41, 5.74) is 7.83. The van der Waals surface area contributed by atoms with Crippen molar-refractivity contribution in [1.82, 2.24) is 43.3 Å². The predicted molar refractivity (Wildman–Crippen MR) is 198 cm³/mol. The zero-order valence-electron chi connectivity index (χ0n) is 28.6. The fraction of sp³-hybridized carbons (Fsp3) is 0.314. The van der Waals surface area contributed by atoms with E-state index in [9.17, 15) is 4.79 Å². The van der Waals surface area contributed by atoms with Crippen LogP contribution in [0.25, 0.3) is 22.3 Å². The van der Waals surface area contributed by atoms with Crippen molar-refractivity contribution in [2.75, 3.05) is 10.6 Å². The predicted octanol–water partition coefficient (Wildman–Crippen LogP) is 7.21. The third-order valence-electron chi connectivity index (χ3n) is 7.93. The van der Waals surface area contributed by atoms with Gasteiger partial charge in [0.2, 0.25) is 0 Å². The van der Waals surface area contributed by atoms with Gasteiger partial charge in [0.15, 0.2) is 11.3 Å². The normalized spacial score (nSPS) is 10.9. The molecule has 0 aliphatic rings. The Morgan fingerprint density at radius 3 is 1.82 bits per heavy atom. The van der Waals surface area contributed by atoms with E-state index in [0.29, 0.717) is 29.9 Å². The van der Waals surface area contributed by atoms with Crippen molar-refractivity contribution in [3.8, 4) is 0 Å². The van der Waals surface area contributed by atoms with Gasteiger partial charge in [-0.15, -0.1) is 0 Å². The minimum Gasteiger partial charge on any atom is -0.366 e. The summed E-state index contributed by atoms with van der Waals surface area (Å²) in [6, 6.07) is 13.3. The van der Waals surface area contributed by atoms with Gasteiger partial charge in [-0.3, -0.25) is 4.79 Å². The maximum atomic E-state index is 11.9. The molecule has 0 spiro atoms. The molecule has 1 aromatic carbocycles. The number of hydrogen-bond donors (Lipinski definition) is 2. The minimum absolute atomic E-state index is 0.00272. The smallest absolute Gasteiger partial charge is 0.250 e. The number of benzene rings is 1. The Hall–Kier alpha value is -4.94. The summed E-state index contributed by atoms with van der Waals surface area (Å²) in [5.74, 6) is 1.57. The van der Waals surface area contributed by atoms with Gasteiger partial charge in [-0.1, -0.05) is 57.0 Å². The van der Waals surface area contributed by atoms with Gasteiger partial charge in [-0.05, 0) is 49.1 Å². The molecular formula is C35H41Cl2N11O. The lowest BCUT2D eigenvalue weighted by atomic mass is 10.2. The van der Waals surface area contributed by atoms with Gasteiger partial charge in [0, 0.05) is 62.2 Å². The van der Waals surface area contributed by atoms with Crippen LogP contribution in [0, 0.1) is 0 Å². The third kappa shape index (κ3) is 7.87. The van der Waals surface area contributed by atoms with Gasteiger partial charge in [0.05, 0.1) is 29.8 Å². The van der Waals surface area contributed by atoms with Crippen molar-refractivity contribution >= 4 is 57.2 Å². The quantitative estimate of drug-likeness (QED) is 0.151. The number of pyridine rings is 1. The second-order valence-corrected chi connectivity index (χ2v) is 11.8. The third-order valence-corrected chi connectivity index (χ3v) is 8.31. The van der Waals surface area contributed by atoms with Crippen LogP contribution in [0.3, 0.4) is 0 Å². The van der Waals surface area contributed by atoms with Gasteiger partial charge < -0.3 is 19.8 Å². The lowest BCUT2D eigenvalue weighted by Crippen LogP contribution is -2.18. The molecule has 6 heterocycles. The van der Waals surface area contributed by atoms with Crippen LogP contribution in [0.5, 0.6) is 0 Å². The summed E-state index contributed by atoms with van der Waals surface area (Å²) in [4.78, 5) is 25.0. The topological polar surface area (TPSA) is 124 Å². The Balaban J connectivity index is 0.000000182. The molecule has 0 amide bonds. The molecule has 6 aromatic heterocycles. The average molecular weight is 703 g/mol. The van der Waals surface area contributed by atoms with E-state index in [0.717, 1.165) is 69.1 Å². The lowest BCUT2D eigenvalue weighted by Gasteiger charge is -2.10. The van der Waals surface area contributed by atoms with Gasteiger partial charge >= 0.3 is 0 Å². The van der Waals surface area contributed by atoms with Crippen LogP contribution < -0.4 is 16.2 Å². The van der Waals surface area contributed by atoms with Crippen LogP contribution in [0.1, 0.15) is 56.9 Å². The molecular weight excluding hydrogens is 661 g/mol. The van der Waals surface area contributed by atoms with E-state index in [1.54, 1.807) is 44.2 Å². The number of anilines is 2. The van der Waals surface area contributed by atoms with Crippen molar-refractivity contribution in [2.24, 2.45) is 7.05 Å². The monoisotopic (exact) mass is 701 g/mol. The number of halogens is 2. The summed E-state index contributed by atoms with van der Waals surface area (Å²) in [5, 5.41) is 16.3. The summed E-state index contributed by atoms with van der Waals surface area (Å²) in [6.45, 7) is 11.9. The van der Waals surface area contributed by atoms with Gasteiger partial charge in [-0.2, -0.15) is 19.2 Å². The van der Waals surface area contributed by atoms with E-state index in [1.165, 1.54) is 0 Å². The van der Waals surface area contributed by atoms with Gasteiger partial charge in [0.25, 0.3) is 5.56 Å². The first-order chi connectivity index (χ1) is 23.8. The highest BCUT2D eigenvalue weighted by molar-refractivity contribution is 6.30. The van der Waals surface area contributed by atoms with E-state index in [4.69, 9.17) is 23.2 Å². The largest absolute Gasteiger partial charge is 0.366 e. The summed E-state index contributed by atoms with van der Waals surface area (Å²) >= 11 is 12.3. The molecule has 7 rings (SSSR count). The van der Waals surface area contributed by atoms with Crippen LogP contribution in [-0.2, 0) is 39.5 Å². The number of fused-ring (bicyclic) bond motifs is 3. The Morgan fingerprint density at radius 2 is 1.31 bits per heavy atom. The number of aryl methyl sites for hydroxylation is 4. The van der Waals surface area contributed by atoms with Crippen molar-refractivity contribution in [3.63, 3.8) is 0 Å². The zero-order chi connectivity index (χ0) is 35.1. The maximum Gasteiger partial charge on any atom is 0.250 e. The van der Waals surface area contributed by atoms with Crippen molar-refractivity contribution in [2.45, 2.75) is 67.1 Å². The van der Waals surface area contributed by atoms with Crippen molar-refractivity contribution in [3.05, 3.63) is 110 Å². The van der Waals surface area contributed by atoms with Crippen molar-refractivity contribution in [1.29, 1.82) is 0 Å². The van der Waals surface area contributed by atoms with E-state index >= 15 is 0 Å². The highest BCUT2D eigenvalue weighted by Gasteiger charge is 2.12. The summed E-state index contributed by atoms with van der Waals surface area (Å²) in [7, 11) is 1.99. The highest BCUT2D eigenvalue weighted by atomic mass is 35.5. The average Bonchev–Trinajstić information content (AvgIpc) is 3.83. The summed E-state index contributed by atoms with van der Waals surface area (Å²) in [6.07, 6.45) is 8.97. The molecule has 0 radical (unpaired) electrons. The number of nitrogens with zero attached hydrogens (tertiary/aromatic N) is 9. The van der Waals surface area contributed by atoms with Crippen LogP contribution in [0.4, 0.5) is 11.6 Å². The zero-order valence-corrected chi connectivity index (χ0v) is 30.1. The standard InChI is InChI=1S/C17H17ClN6.C16H18ClN5O.C2H6/c1-3-12-9-21-24-16(7-15(18)22-17(12)24)19-8-11-4-5-14-13(6-11)20-10-23(14)2;1-3-12-10-19-22-14(8-13(17)20-16(12)22)18-9-11-5-6-21(4-2)15(23)7-11;1-2/h4-7,9-10,19H,3,8H2,1-2H3;5-8,10,18H,3-4,9H2,1-2H3;1-2H3. The molecule has 7 aromatic rings. The second-order valence-electron chi connectivity index (χ2n) is 11.0. The van der Waals surface area contributed by atoms with E-state index in [-0.39, 0.29) is 5.56 Å². The second kappa shape index (κ2) is 16.0. The van der Waals surface area contributed by atoms with Crippen LogP contribution in [-0.4, -0.2) is 43.3 Å². The molecule has 49 heavy (non-hydrogen) atoms. The van der Waals surface area contributed by atoms with Gasteiger partial charge in [0.1, 0.15) is 21.9 Å². The molecule has 256 valence electrons. The number of imidazole rings is 1. The molecule has 0 saturated heterocycles. The first-order valence-electron chi connectivity index (χ1n) is 16.4. The molecule has 0 atom stereocenters. The molecule has 0 aliphatic heterocycles. The number of aromatic nitrogens is 9. The van der Waals surface area contributed by atoms with Crippen LogP contribution in [0.2, 0.25) is 10.3 Å². The summed E-state index contributed by atoms with van der Waals surface area (Å²) < 4.78 is 7.20. The van der Waals surface area contributed by atoms with E-state index < -0.39 is 0 Å². The number of rotatable bonds is 9. The molecule has 12 nitrogen and oxygen atoms in total. The van der Waals surface area contributed by atoms with Gasteiger partial charge in [-0.25, -0.2) is 15.0 Å². The highest BCUT2D eigenvalue weighted by Crippen LogP contribution is 2.22. The SMILES string of the molecule is CC.CCc1cnn2c(NCc3ccc4c(c3)ncn4C)cc(Cl)nc12.CCc1cnn2c(NCc3ccn(CC)c(=O)c3)cc(Cl)nc12. The Bertz CT molecular complexity index is 2250.